The van der Waals surface area contributed by atoms with E-state index in [9.17, 15) is 23.1 Å². The normalized spacial score (nSPS) is 21.6. The number of nitrogens with zero attached hydrogens (tertiary/aromatic N) is 1. The van der Waals surface area contributed by atoms with E-state index in [0.717, 1.165) is 19.1 Å². The lowest BCUT2D eigenvalue weighted by Crippen LogP contribution is -2.35. The van der Waals surface area contributed by atoms with Crippen molar-refractivity contribution in [1.82, 2.24) is 4.90 Å². The summed E-state index contributed by atoms with van der Waals surface area (Å²) in [5.74, 6) is -1.61. The molecule has 1 aromatic carbocycles. The number of methoxy groups -OCH3 is 2. The molecule has 0 bridgehead atoms. The van der Waals surface area contributed by atoms with E-state index in [2.05, 4.69) is 4.74 Å². The van der Waals surface area contributed by atoms with Crippen LogP contribution in [0.2, 0.25) is 0 Å². The number of carbonyl (C=O) groups excluding carboxylic acids is 2. The minimum absolute atomic E-state index is 0.111. The number of ether oxygens (including phenoxy) is 3. The van der Waals surface area contributed by atoms with Crippen molar-refractivity contribution in [2.24, 2.45) is 0 Å². The smallest absolute Gasteiger partial charge is 0.410 e. The van der Waals surface area contributed by atoms with Gasteiger partial charge in [-0.15, -0.1) is 0 Å². The summed E-state index contributed by atoms with van der Waals surface area (Å²) in [6.07, 6.45) is 2.47. The number of hydrogen-bond donors (Lipinski definition) is 1. The number of allylic oxidation sites excluding steroid dienone is 1. The molecule has 1 amide bonds. The highest BCUT2D eigenvalue weighted by Gasteiger charge is 2.34. The fraction of sp³-hybridized carbons (Fsp3) is 0.455. The average Bonchev–Trinajstić information content (AvgIpc) is 3.09. The number of benzene rings is 1. The lowest BCUT2D eigenvalue weighted by atomic mass is 10.00. The van der Waals surface area contributed by atoms with E-state index >= 15 is 0 Å². The molecule has 2 aliphatic heterocycles. The Bertz CT molecular complexity index is 1070. The summed E-state index contributed by atoms with van der Waals surface area (Å²) in [5.41, 5.74) is 1.26. The first-order valence-electron chi connectivity index (χ1n) is 10.2. The Balaban J connectivity index is 1.96. The molecule has 1 aromatic rings. The van der Waals surface area contributed by atoms with Gasteiger partial charge in [-0.2, -0.15) is 0 Å². The number of cyclic esters (lactones) is 1. The van der Waals surface area contributed by atoms with Crippen LogP contribution in [0, 0.1) is 0 Å². The quantitative estimate of drug-likeness (QED) is 0.609. The summed E-state index contributed by atoms with van der Waals surface area (Å²) >= 11 is 0. The van der Waals surface area contributed by atoms with Crippen molar-refractivity contribution in [2.75, 3.05) is 38.9 Å². The third-order valence-electron chi connectivity index (χ3n) is 5.40. The van der Waals surface area contributed by atoms with Crippen molar-refractivity contribution in [3.63, 3.8) is 0 Å². The molecule has 0 saturated carbocycles. The van der Waals surface area contributed by atoms with Crippen LogP contribution in [0.5, 0.6) is 5.75 Å². The van der Waals surface area contributed by atoms with E-state index < -0.39 is 27.3 Å². The molecular formula is C22H27NO8S. The fourth-order valence-corrected chi connectivity index (χ4v) is 5.39. The van der Waals surface area contributed by atoms with Gasteiger partial charge in [-0.05, 0) is 42.2 Å². The summed E-state index contributed by atoms with van der Waals surface area (Å²) in [5, 5.41) is 10.5. The summed E-state index contributed by atoms with van der Waals surface area (Å²) in [4.78, 5) is 25.6. The van der Waals surface area contributed by atoms with Crippen LogP contribution in [0.1, 0.15) is 24.5 Å². The molecule has 174 valence electrons. The molecule has 9 nitrogen and oxygen atoms in total. The van der Waals surface area contributed by atoms with Crippen molar-refractivity contribution in [1.29, 1.82) is 0 Å². The van der Waals surface area contributed by atoms with E-state index in [0.29, 0.717) is 24.3 Å². The van der Waals surface area contributed by atoms with Crippen LogP contribution in [0.3, 0.4) is 0 Å². The number of sulfone groups is 1. The number of esters is 1. The van der Waals surface area contributed by atoms with Gasteiger partial charge in [0, 0.05) is 12.1 Å². The van der Waals surface area contributed by atoms with Gasteiger partial charge < -0.3 is 24.2 Å². The highest BCUT2D eigenvalue weighted by Crippen LogP contribution is 2.29. The van der Waals surface area contributed by atoms with E-state index in [1.165, 1.54) is 6.08 Å². The Morgan fingerprint density at radius 1 is 1.31 bits per heavy atom. The highest BCUT2D eigenvalue weighted by atomic mass is 32.2. The number of carbonyl (C=O) groups is 2. The molecule has 2 heterocycles. The maximum absolute atomic E-state index is 12.3. The van der Waals surface area contributed by atoms with Crippen LogP contribution in [0.25, 0.3) is 6.08 Å². The summed E-state index contributed by atoms with van der Waals surface area (Å²) in [6.45, 7) is 2.84. The van der Waals surface area contributed by atoms with Crippen LogP contribution >= 0.6 is 0 Å². The summed E-state index contributed by atoms with van der Waals surface area (Å²) in [7, 11) is -0.952. The minimum atomic E-state index is -3.62. The predicted molar refractivity (Wildman–Crippen MR) is 117 cm³/mol. The van der Waals surface area contributed by atoms with E-state index in [1.807, 2.05) is 13.0 Å². The van der Waals surface area contributed by atoms with Gasteiger partial charge in [-0.1, -0.05) is 13.0 Å². The molecule has 1 N–H and O–H groups in total. The second-order valence-corrected chi connectivity index (χ2v) is 9.78. The molecule has 0 unspecified atom stereocenters. The zero-order valence-electron chi connectivity index (χ0n) is 18.3. The second-order valence-electron chi connectivity index (χ2n) is 7.72. The third-order valence-corrected chi connectivity index (χ3v) is 6.88. The van der Waals surface area contributed by atoms with Gasteiger partial charge in [-0.25, -0.2) is 18.0 Å². The number of hydrogen-bond acceptors (Lipinski definition) is 8. The summed E-state index contributed by atoms with van der Waals surface area (Å²) < 4.78 is 39.8. The maximum atomic E-state index is 12.3. The lowest BCUT2D eigenvalue weighted by Gasteiger charge is -2.22. The summed E-state index contributed by atoms with van der Waals surface area (Å²) in [6, 6.07) is 5.13. The standard InChI is InChI=1S/C22H27NO8S/c1-4-7-23-17(11-31-22(23)26)10-15-8-14(5-6-19(15)29-2)9-16-12-32(27,28)13-18(20(16)24)21(25)30-3/h5-6,8-9,17,24H,4,7,10-13H2,1-3H3/b16-9+/t17-/m0/s1. The van der Waals surface area contributed by atoms with Crippen LogP contribution in [-0.2, 0) is 30.5 Å². The monoisotopic (exact) mass is 465 g/mol. The molecule has 0 spiro atoms. The fourth-order valence-electron chi connectivity index (χ4n) is 3.90. The van der Waals surface area contributed by atoms with Gasteiger partial charge >= 0.3 is 12.1 Å². The average molecular weight is 466 g/mol. The highest BCUT2D eigenvalue weighted by molar-refractivity contribution is 7.91. The molecule has 0 aliphatic carbocycles. The first-order chi connectivity index (χ1) is 15.2. The molecule has 3 rings (SSSR count). The molecule has 1 atom stereocenters. The van der Waals surface area contributed by atoms with E-state index in [1.54, 1.807) is 24.1 Å². The molecular weight excluding hydrogens is 438 g/mol. The Kier molecular flexibility index (Phi) is 7.12. The number of rotatable bonds is 7. The molecule has 0 aromatic heterocycles. The van der Waals surface area contributed by atoms with Gasteiger partial charge in [-0.3, -0.25) is 0 Å². The zero-order valence-corrected chi connectivity index (χ0v) is 19.1. The van der Waals surface area contributed by atoms with Gasteiger partial charge in [0.2, 0.25) is 0 Å². The van der Waals surface area contributed by atoms with Gasteiger partial charge in [0.05, 0.1) is 37.3 Å². The van der Waals surface area contributed by atoms with Gasteiger partial charge in [0.1, 0.15) is 18.1 Å². The number of aliphatic hydroxyl groups excluding tert-OH is 1. The van der Waals surface area contributed by atoms with Crippen LogP contribution in [0.15, 0.2) is 35.1 Å². The zero-order chi connectivity index (χ0) is 23.5. The molecule has 1 saturated heterocycles. The van der Waals surface area contributed by atoms with Crippen molar-refractivity contribution in [3.05, 3.63) is 46.2 Å². The number of amides is 1. The lowest BCUT2D eigenvalue weighted by molar-refractivity contribution is -0.136. The van der Waals surface area contributed by atoms with Gasteiger partial charge in [0.15, 0.2) is 9.84 Å². The minimum Gasteiger partial charge on any atom is -0.507 e. The van der Waals surface area contributed by atoms with Crippen molar-refractivity contribution in [2.45, 2.75) is 25.8 Å². The van der Waals surface area contributed by atoms with E-state index in [-0.39, 0.29) is 35.6 Å². The number of aliphatic hydroxyl groups is 1. The first kappa shape index (κ1) is 23.6. The maximum Gasteiger partial charge on any atom is 0.410 e. The Morgan fingerprint density at radius 2 is 2.06 bits per heavy atom. The first-order valence-corrected chi connectivity index (χ1v) is 12.0. The van der Waals surface area contributed by atoms with E-state index in [4.69, 9.17) is 9.47 Å². The molecule has 1 fully saturated rings. The largest absolute Gasteiger partial charge is 0.507 e. The van der Waals surface area contributed by atoms with Crippen LogP contribution in [0.4, 0.5) is 4.79 Å². The Labute approximate surface area is 187 Å². The topological polar surface area (TPSA) is 119 Å². The Hall–Kier alpha value is -3.01. The van der Waals surface area contributed by atoms with Crippen molar-refractivity contribution >= 4 is 28.0 Å². The van der Waals surface area contributed by atoms with Gasteiger partial charge in [0.25, 0.3) is 0 Å². The molecule has 10 heteroatoms. The molecule has 0 radical (unpaired) electrons. The second kappa shape index (κ2) is 9.64. The SMILES string of the molecule is CCCN1C(=O)OC[C@@H]1Cc1cc(/C=C2\CS(=O)(=O)CC(C(=O)OC)=C2O)ccc1OC. The Morgan fingerprint density at radius 3 is 2.72 bits per heavy atom. The van der Waals surface area contributed by atoms with Crippen molar-refractivity contribution in [3.8, 4) is 5.75 Å². The molecule has 2 aliphatic rings. The third kappa shape index (κ3) is 5.07. The predicted octanol–water partition coefficient (Wildman–Crippen LogP) is 2.27. The molecule has 32 heavy (non-hydrogen) atoms. The van der Waals surface area contributed by atoms with Crippen molar-refractivity contribution < 1.29 is 37.3 Å². The van der Waals surface area contributed by atoms with Crippen LogP contribution in [-0.4, -0.2) is 75.4 Å². The van der Waals surface area contributed by atoms with Crippen LogP contribution < -0.4 is 4.74 Å².